The maximum absolute atomic E-state index is 12.8. The largest absolute Gasteiger partial charge is 0.436 e. The van der Waals surface area contributed by atoms with Crippen LogP contribution in [0.15, 0.2) is 4.47 Å². The second kappa shape index (κ2) is 8.50. The van der Waals surface area contributed by atoms with Crippen LogP contribution in [0.1, 0.15) is 24.7 Å². The molecular formula is C15H22BrF3N4O2. The number of halogens is 4. The normalized spacial score (nSPS) is 17.5. The predicted molar refractivity (Wildman–Crippen MR) is 89.1 cm³/mol. The van der Waals surface area contributed by atoms with Crippen LogP contribution in [0.2, 0.25) is 0 Å². The summed E-state index contributed by atoms with van der Waals surface area (Å²) in [7, 11) is 0. The van der Waals surface area contributed by atoms with E-state index in [1.807, 2.05) is 6.92 Å². The fourth-order valence-electron chi connectivity index (χ4n) is 2.69. The molecule has 10 heteroatoms. The van der Waals surface area contributed by atoms with Crippen molar-refractivity contribution in [1.29, 1.82) is 0 Å². The van der Waals surface area contributed by atoms with Gasteiger partial charge in [-0.1, -0.05) is 0 Å². The number of morpholine rings is 1. The van der Waals surface area contributed by atoms with Gasteiger partial charge in [-0.3, -0.25) is 14.4 Å². The minimum absolute atomic E-state index is 0.0400. The van der Waals surface area contributed by atoms with Crippen molar-refractivity contribution in [3.63, 3.8) is 0 Å². The highest BCUT2D eigenvalue weighted by molar-refractivity contribution is 9.10. The number of ether oxygens (including phenoxy) is 1. The van der Waals surface area contributed by atoms with Gasteiger partial charge >= 0.3 is 6.18 Å². The van der Waals surface area contributed by atoms with Crippen LogP contribution < -0.4 is 5.32 Å². The number of nitrogens with one attached hydrogen (secondary N) is 1. The quantitative estimate of drug-likeness (QED) is 0.757. The highest BCUT2D eigenvalue weighted by Gasteiger charge is 2.37. The zero-order valence-corrected chi connectivity index (χ0v) is 15.8. The summed E-state index contributed by atoms with van der Waals surface area (Å²) in [5.74, 6) is -0.208. The summed E-state index contributed by atoms with van der Waals surface area (Å²) in [4.78, 5) is 14.2. The highest BCUT2D eigenvalue weighted by Crippen LogP contribution is 2.35. The summed E-state index contributed by atoms with van der Waals surface area (Å²) in [5, 5.41) is 6.44. The molecule has 2 heterocycles. The zero-order valence-electron chi connectivity index (χ0n) is 14.2. The van der Waals surface area contributed by atoms with Crippen LogP contribution in [-0.2, 0) is 22.3 Å². The summed E-state index contributed by atoms with van der Waals surface area (Å²) in [6, 6.07) is -0.0400. The molecule has 0 saturated carbocycles. The molecule has 0 radical (unpaired) electrons. The molecule has 0 bridgehead atoms. The van der Waals surface area contributed by atoms with E-state index < -0.39 is 11.9 Å². The Hall–Kier alpha value is -1.13. The van der Waals surface area contributed by atoms with Crippen molar-refractivity contribution >= 4 is 21.8 Å². The van der Waals surface area contributed by atoms with Gasteiger partial charge in [-0.05, 0) is 29.8 Å². The van der Waals surface area contributed by atoms with Gasteiger partial charge in [0.05, 0.1) is 29.9 Å². The van der Waals surface area contributed by atoms with Crippen molar-refractivity contribution in [3.8, 4) is 0 Å². The maximum atomic E-state index is 12.8. The van der Waals surface area contributed by atoms with Gasteiger partial charge in [0.2, 0.25) is 5.91 Å². The predicted octanol–water partition coefficient (Wildman–Crippen LogP) is 2.20. The first-order valence-electron chi connectivity index (χ1n) is 8.08. The third-order valence-electron chi connectivity index (χ3n) is 4.00. The molecule has 142 valence electrons. The lowest BCUT2D eigenvalue weighted by Crippen LogP contribution is -2.46. The first-order chi connectivity index (χ1) is 11.7. The number of hydrogen-bond donors (Lipinski definition) is 1. The number of carbonyl (C=O) groups is 1. The Morgan fingerprint density at radius 2 is 2.04 bits per heavy atom. The van der Waals surface area contributed by atoms with Crippen molar-refractivity contribution in [2.24, 2.45) is 0 Å². The fourth-order valence-corrected chi connectivity index (χ4v) is 3.20. The van der Waals surface area contributed by atoms with Crippen molar-refractivity contribution in [2.45, 2.75) is 39.0 Å². The molecule has 0 unspecified atom stereocenters. The van der Waals surface area contributed by atoms with Gasteiger partial charge < -0.3 is 10.1 Å². The van der Waals surface area contributed by atoms with Gasteiger partial charge in [0.15, 0.2) is 5.69 Å². The molecule has 0 aliphatic carbocycles. The average Bonchev–Trinajstić information content (AvgIpc) is 2.82. The number of aromatic nitrogens is 2. The molecule has 0 aromatic carbocycles. The number of amides is 1. The first-order valence-corrected chi connectivity index (χ1v) is 8.87. The number of carbonyl (C=O) groups excluding carboxylic acids is 1. The molecule has 0 spiro atoms. The minimum atomic E-state index is -4.52. The molecule has 1 atom stereocenters. The number of aryl methyl sites for hydroxylation is 1. The van der Waals surface area contributed by atoms with Gasteiger partial charge in [0.25, 0.3) is 0 Å². The van der Waals surface area contributed by atoms with Crippen LogP contribution in [0.3, 0.4) is 0 Å². The van der Waals surface area contributed by atoms with E-state index >= 15 is 0 Å². The molecule has 6 nitrogen and oxygen atoms in total. The first kappa shape index (κ1) is 20.2. The molecule has 2 rings (SSSR count). The van der Waals surface area contributed by atoms with E-state index in [0.29, 0.717) is 18.9 Å². The standard InChI is InChI=1S/C15H22BrF3N4O2/c1-10(9-22-5-7-25-8-6-22)20-12(24)3-4-23-11(2)13(16)14(21-23)15(17,18)19/h10H,3-9H2,1-2H3,(H,20,24)/t10-/m1/s1. The lowest BCUT2D eigenvalue weighted by Gasteiger charge is -2.29. The zero-order chi connectivity index (χ0) is 18.6. The van der Waals surface area contributed by atoms with E-state index in [2.05, 4.69) is 31.2 Å². The highest BCUT2D eigenvalue weighted by atomic mass is 79.9. The third kappa shape index (κ3) is 5.68. The Kier molecular flexibility index (Phi) is 6.86. The molecule has 1 fully saturated rings. The summed E-state index contributed by atoms with van der Waals surface area (Å²) < 4.78 is 44.9. The number of alkyl halides is 3. The smallest absolute Gasteiger partial charge is 0.379 e. The van der Waals surface area contributed by atoms with Gasteiger partial charge in [-0.2, -0.15) is 18.3 Å². The Labute approximate surface area is 152 Å². The van der Waals surface area contributed by atoms with Crippen molar-refractivity contribution < 1.29 is 22.7 Å². The molecule has 25 heavy (non-hydrogen) atoms. The second-order valence-electron chi connectivity index (χ2n) is 6.10. The Bertz CT molecular complexity index is 600. The van der Waals surface area contributed by atoms with E-state index in [1.165, 1.54) is 11.6 Å². The van der Waals surface area contributed by atoms with Gasteiger partial charge in [0, 0.05) is 32.1 Å². The third-order valence-corrected chi connectivity index (χ3v) is 4.95. The number of nitrogens with zero attached hydrogens (tertiary/aromatic N) is 3. The molecule has 1 aliphatic heterocycles. The van der Waals surface area contributed by atoms with Crippen LogP contribution in [0.25, 0.3) is 0 Å². The van der Waals surface area contributed by atoms with Crippen LogP contribution in [0, 0.1) is 6.92 Å². The van der Waals surface area contributed by atoms with Gasteiger partial charge in [-0.25, -0.2) is 0 Å². The Morgan fingerprint density at radius 3 is 2.60 bits per heavy atom. The van der Waals surface area contributed by atoms with Gasteiger partial charge in [-0.15, -0.1) is 0 Å². The van der Waals surface area contributed by atoms with Crippen molar-refractivity contribution in [2.75, 3.05) is 32.8 Å². The summed E-state index contributed by atoms with van der Waals surface area (Å²) in [6.45, 7) is 7.31. The molecule has 1 saturated heterocycles. The lowest BCUT2D eigenvalue weighted by atomic mass is 10.2. The SMILES string of the molecule is Cc1c(Br)c(C(F)(F)F)nn1CCC(=O)N[C@H](C)CN1CCOCC1. The van der Waals surface area contributed by atoms with E-state index in [9.17, 15) is 18.0 Å². The molecule has 1 aromatic rings. The second-order valence-corrected chi connectivity index (χ2v) is 6.89. The van der Waals surface area contributed by atoms with Crippen LogP contribution in [-0.4, -0.2) is 59.5 Å². The summed E-state index contributed by atoms with van der Waals surface area (Å²) >= 11 is 2.92. The fraction of sp³-hybridized carbons (Fsp3) is 0.733. The van der Waals surface area contributed by atoms with Gasteiger partial charge in [0.1, 0.15) is 0 Å². The monoisotopic (exact) mass is 426 g/mol. The maximum Gasteiger partial charge on any atom is 0.436 e. The van der Waals surface area contributed by atoms with Crippen molar-refractivity contribution in [1.82, 2.24) is 20.0 Å². The Balaban J connectivity index is 1.83. The van der Waals surface area contributed by atoms with Crippen molar-refractivity contribution in [3.05, 3.63) is 15.9 Å². The molecule has 1 N–H and O–H groups in total. The van der Waals surface area contributed by atoms with E-state index in [0.717, 1.165) is 19.6 Å². The van der Waals surface area contributed by atoms with Crippen LogP contribution >= 0.6 is 15.9 Å². The molecule has 1 aliphatic rings. The molecule has 1 amide bonds. The summed E-state index contributed by atoms with van der Waals surface area (Å²) in [6.07, 6.45) is -4.45. The number of hydrogen-bond acceptors (Lipinski definition) is 4. The average molecular weight is 427 g/mol. The lowest BCUT2D eigenvalue weighted by molar-refractivity contribution is -0.142. The number of rotatable bonds is 6. The van der Waals surface area contributed by atoms with Crippen LogP contribution in [0.4, 0.5) is 13.2 Å². The topological polar surface area (TPSA) is 59.4 Å². The van der Waals surface area contributed by atoms with E-state index in [4.69, 9.17) is 4.74 Å². The summed E-state index contributed by atoms with van der Waals surface area (Å²) in [5.41, 5.74) is -0.618. The Morgan fingerprint density at radius 1 is 1.40 bits per heavy atom. The van der Waals surface area contributed by atoms with Crippen LogP contribution in [0.5, 0.6) is 0 Å². The van der Waals surface area contributed by atoms with E-state index in [1.54, 1.807) is 0 Å². The van der Waals surface area contributed by atoms with E-state index in [-0.39, 0.29) is 29.4 Å². The minimum Gasteiger partial charge on any atom is -0.379 e. The molecule has 1 aromatic heterocycles. The molecular weight excluding hydrogens is 405 g/mol.